The number of hydrogen-bond acceptors (Lipinski definition) is 5. The predicted octanol–water partition coefficient (Wildman–Crippen LogP) is 1.83. The minimum atomic E-state index is -3.20. The molecular weight excluding hydrogens is 340 g/mol. The maximum atomic E-state index is 12.4. The van der Waals surface area contributed by atoms with E-state index in [1.54, 1.807) is 12.1 Å². The van der Waals surface area contributed by atoms with Crippen LogP contribution in [0, 0.1) is 5.92 Å². The van der Waals surface area contributed by atoms with E-state index in [1.165, 1.54) is 18.4 Å². The molecule has 1 heterocycles. The van der Waals surface area contributed by atoms with Crippen molar-refractivity contribution in [3.63, 3.8) is 0 Å². The van der Waals surface area contributed by atoms with Gasteiger partial charge in [0.2, 0.25) is 5.91 Å². The summed E-state index contributed by atoms with van der Waals surface area (Å²) < 4.78 is 28.4. The molecule has 1 saturated heterocycles. The summed E-state index contributed by atoms with van der Waals surface area (Å²) in [4.78, 5) is 14.6. The van der Waals surface area contributed by atoms with Gasteiger partial charge in [-0.2, -0.15) is 0 Å². The van der Waals surface area contributed by atoms with E-state index in [4.69, 9.17) is 10.5 Å². The minimum absolute atomic E-state index is 0.137. The quantitative estimate of drug-likeness (QED) is 0.742. The van der Waals surface area contributed by atoms with Gasteiger partial charge in [0.15, 0.2) is 9.84 Å². The molecule has 1 amide bonds. The number of piperidine rings is 1. The van der Waals surface area contributed by atoms with E-state index in [0.29, 0.717) is 37.7 Å². The Morgan fingerprint density at radius 2 is 2.00 bits per heavy atom. The van der Waals surface area contributed by atoms with Gasteiger partial charge in [0, 0.05) is 31.8 Å². The van der Waals surface area contributed by atoms with E-state index in [-0.39, 0.29) is 16.8 Å². The van der Waals surface area contributed by atoms with Gasteiger partial charge in [-0.1, -0.05) is 6.92 Å². The van der Waals surface area contributed by atoms with E-state index in [2.05, 4.69) is 6.92 Å². The fraction of sp³-hybridized carbons (Fsp3) is 0.611. The summed E-state index contributed by atoms with van der Waals surface area (Å²) in [5.41, 5.74) is 5.83. The number of rotatable bonds is 7. The summed E-state index contributed by atoms with van der Waals surface area (Å²) in [5, 5.41) is 0. The Morgan fingerprint density at radius 3 is 2.60 bits per heavy atom. The molecule has 25 heavy (non-hydrogen) atoms. The molecule has 2 atom stereocenters. The number of amides is 1. The third-order valence-corrected chi connectivity index (χ3v) is 5.86. The molecule has 2 unspecified atom stereocenters. The van der Waals surface area contributed by atoms with Gasteiger partial charge < -0.3 is 15.4 Å². The van der Waals surface area contributed by atoms with Crippen LogP contribution in [0.2, 0.25) is 0 Å². The normalized spacial score (nSPS) is 21.2. The highest BCUT2D eigenvalue weighted by molar-refractivity contribution is 7.90. The highest BCUT2D eigenvalue weighted by Crippen LogP contribution is 2.23. The average molecular weight is 368 g/mol. The van der Waals surface area contributed by atoms with E-state index in [0.717, 1.165) is 19.4 Å². The molecule has 1 aromatic rings. The third-order valence-electron chi connectivity index (χ3n) is 4.73. The van der Waals surface area contributed by atoms with Crippen LogP contribution in [0.25, 0.3) is 0 Å². The third kappa shape index (κ3) is 5.44. The lowest BCUT2D eigenvalue weighted by Crippen LogP contribution is -2.51. The molecule has 1 aliphatic heterocycles. The predicted molar refractivity (Wildman–Crippen MR) is 97.2 cm³/mol. The van der Waals surface area contributed by atoms with Crippen molar-refractivity contribution in [2.45, 2.75) is 43.5 Å². The minimum Gasteiger partial charge on any atom is -0.494 e. The summed E-state index contributed by atoms with van der Waals surface area (Å²) in [6, 6.07) is 6.46. The Bertz CT molecular complexity index is 673. The van der Waals surface area contributed by atoms with Crippen molar-refractivity contribution in [3.8, 4) is 5.75 Å². The summed E-state index contributed by atoms with van der Waals surface area (Å²) in [7, 11) is -3.20. The molecule has 1 aliphatic rings. The second kappa shape index (κ2) is 8.67. The highest BCUT2D eigenvalue weighted by Gasteiger charge is 2.30. The van der Waals surface area contributed by atoms with Crippen LogP contribution in [0.4, 0.5) is 0 Å². The number of nitrogens with zero attached hydrogens (tertiary/aromatic N) is 1. The van der Waals surface area contributed by atoms with Crippen LogP contribution in [0.1, 0.15) is 32.6 Å². The number of sulfone groups is 1. The fourth-order valence-electron chi connectivity index (χ4n) is 3.26. The summed E-state index contributed by atoms with van der Waals surface area (Å²) >= 11 is 0. The molecule has 6 nitrogen and oxygen atoms in total. The van der Waals surface area contributed by atoms with Gasteiger partial charge in [-0.15, -0.1) is 0 Å². The van der Waals surface area contributed by atoms with Crippen LogP contribution in [0.15, 0.2) is 29.2 Å². The Labute approximate surface area is 150 Å². The Kier molecular flexibility index (Phi) is 6.84. The number of carbonyl (C=O) groups is 1. The van der Waals surface area contributed by atoms with E-state index >= 15 is 0 Å². The van der Waals surface area contributed by atoms with Crippen LogP contribution in [0.5, 0.6) is 5.75 Å². The second-order valence-electron chi connectivity index (χ2n) is 6.71. The van der Waals surface area contributed by atoms with Crippen LogP contribution in [-0.2, 0) is 14.6 Å². The topological polar surface area (TPSA) is 89.7 Å². The van der Waals surface area contributed by atoms with Gasteiger partial charge in [0.25, 0.3) is 0 Å². The number of nitrogens with two attached hydrogens (primary N) is 1. The molecule has 2 rings (SSSR count). The lowest BCUT2D eigenvalue weighted by Gasteiger charge is -2.39. The van der Waals surface area contributed by atoms with E-state index < -0.39 is 9.84 Å². The molecule has 0 radical (unpaired) electrons. The maximum Gasteiger partial charge on any atom is 0.222 e. The van der Waals surface area contributed by atoms with Gasteiger partial charge in [0.05, 0.1) is 11.5 Å². The summed E-state index contributed by atoms with van der Waals surface area (Å²) in [6.45, 7) is 3.87. The van der Waals surface area contributed by atoms with Crippen molar-refractivity contribution in [2.75, 3.05) is 26.0 Å². The molecule has 7 heteroatoms. The molecule has 1 fully saturated rings. The Morgan fingerprint density at radius 1 is 1.32 bits per heavy atom. The van der Waals surface area contributed by atoms with Crippen molar-refractivity contribution < 1.29 is 17.9 Å². The SMILES string of the molecule is CC1CCCN(C(=O)CCCOc2ccc(S(C)(=O)=O)cc2)C1CN. The van der Waals surface area contributed by atoms with Crippen LogP contribution in [-0.4, -0.2) is 51.2 Å². The molecule has 140 valence electrons. The standard InChI is InChI=1S/C18H28N2O4S/c1-14-5-3-11-20(17(14)13-19)18(21)6-4-12-24-15-7-9-16(10-8-15)25(2,22)23/h7-10,14,17H,3-6,11-13,19H2,1-2H3. The molecule has 2 N–H and O–H groups in total. The average Bonchev–Trinajstić information content (AvgIpc) is 2.58. The van der Waals surface area contributed by atoms with Gasteiger partial charge in [-0.3, -0.25) is 4.79 Å². The molecule has 0 aliphatic carbocycles. The van der Waals surface area contributed by atoms with Crippen molar-refractivity contribution in [1.82, 2.24) is 4.90 Å². The molecule has 0 spiro atoms. The first-order chi connectivity index (χ1) is 11.8. The first kappa shape index (κ1) is 19.7. The lowest BCUT2D eigenvalue weighted by molar-refractivity contribution is -0.136. The molecular formula is C18H28N2O4S. The van der Waals surface area contributed by atoms with Crippen molar-refractivity contribution in [1.29, 1.82) is 0 Å². The Balaban J connectivity index is 1.78. The van der Waals surface area contributed by atoms with E-state index in [1.807, 2.05) is 4.90 Å². The molecule has 1 aromatic carbocycles. The molecule has 0 aromatic heterocycles. The van der Waals surface area contributed by atoms with Gasteiger partial charge in [0.1, 0.15) is 5.75 Å². The molecule has 0 bridgehead atoms. The highest BCUT2D eigenvalue weighted by atomic mass is 32.2. The largest absolute Gasteiger partial charge is 0.494 e. The smallest absolute Gasteiger partial charge is 0.222 e. The van der Waals surface area contributed by atoms with Gasteiger partial charge >= 0.3 is 0 Å². The summed E-state index contributed by atoms with van der Waals surface area (Å²) in [6.07, 6.45) is 4.38. The number of benzene rings is 1. The first-order valence-electron chi connectivity index (χ1n) is 8.75. The van der Waals surface area contributed by atoms with Gasteiger partial charge in [-0.25, -0.2) is 8.42 Å². The zero-order valence-corrected chi connectivity index (χ0v) is 15.8. The van der Waals surface area contributed by atoms with Crippen LogP contribution < -0.4 is 10.5 Å². The Hall–Kier alpha value is -1.60. The van der Waals surface area contributed by atoms with Gasteiger partial charge in [-0.05, 0) is 49.4 Å². The van der Waals surface area contributed by atoms with Crippen molar-refractivity contribution >= 4 is 15.7 Å². The summed E-state index contributed by atoms with van der Waals surface area (Å²) in [5.74, 6) is 1.19. The second-order valence-corrected chi connectivity index (χ2v) is 8.72. The zero-order valence-electron chi connectivity index (χ0n) is 15.0. The number of carbonyl (C=O) groups excluding carboxylic acids is 1. The fourth-order valence-corrected chi connectivity index (χ4v) is 3.89. The first-order valence-corrected chi connectivity index (χ1v) is 10.6. The van der Waals surface area contributed by atoms with Crippen LogP contribution >= 0.6 is 0 Å². The number of hydrogen-bond donors (Lipinski definition) is 1. The number of likely N-dealkylation sites (tertiary alicyclic amines) is 1. The van der Waals surface area contributed by atoms with Crippen LogP contribution in [0.3, 0.4) is 0 Å². The number of ether oxygens (including phenoxy) is 1. The van der Waals surface area contributed by atoms with E-state index in [9.17, 15) is 13.2 Å². The van der Waals surface area contributed by atoms with Crippen molar-refractivity contribution in [3.05, 3.63) is 24.3 Å². The maximum absolute atomic E-state index is 12.4. The van der Waals surface area contributed by atoms with Crippen molar-refractivity contribution in [2.24, 2.45) is 11.7 Å². The monoisotopic (exact) mass is 368 g/mol. The zero-order chi connectivity index (χ0) is 18.4. The molecule has 0 saturated carbocycles. The lowest BCUT2D eigenvalue weighted by atomic mass is 9.90.